The third-order valence-electron chi connectivity index (χ3n) is 3.08. The number of ether oxygens (including phenoxy) is 1. The molecular formula is C14H20N2O2S. The highest BCUT2D eigenvalue weighted by molar-refractivity contribution is 7.99. The Kier molecular flexibility index (Phi) is 5.39. The number of nitrogens with one attached hydrogen (secondary N) is 1. The molecule has 4 nitrogen and oxygen atoms in total. The van der Waals surface area contributed by atoms with Crippen LogP contribution in [-0.2, 0) is 4.79 Å². The standard InChI is InChI=1S/C14H20N2O2S/c15-12-6-1-2-7-13(12)18-10-14(17)16-9-11-5-3-4-8-19-11/h1-2,6-7,11H,3-5,8-10,15H2,(H,16,17). The van der Waals surface area contributed by atoms with E-state index in [0.717, 1.165) is 6.54 Å². The summed E-state index contributed by atoms with van der Waals surface area (Å²) in [6.07, 6.45) is 3.76. The third kappa shape index (κ3) is 4.67. The summed E-state index contributed by atoms with van der Waals surface area (Å²) in [6, 6.07) is 7.19. The second kappa shape index (κ2) is 7.28. The van der Waals surface area contributed by atoms with Crippen molar-refractivity contribution in [2.24, 2.45) is 0 Å². The monoisotopic (exact) mass is 280 g/mol. The van der Waals surface area contributed by atoms with Crippen LogP contribution in [0.25, 0.3) is 0 Å². The summed E-state index contributed by atoms with van der Waals surface area (Å²) in [6.45, 7) is 0.753. The molecule has 0 aromatic heterocycles. The van der Waals surface area contributed by atoms with Crippen molar-refractivity contribution in [3.05, 3.63) is 24.3 Å². The van der Waals surface area contributed by atoms with Crippen molar-refractivity contribution in [1.29, 1.82) is 0 Å². The summed E-state index contributed by atoms with van der Waals surface area (Å²) in [4.78, 5) is 11.7. The van der Waals surface area contributed by atoms with Crippen molar-refractivity contribution < 1.29 is 9.53 Å². The number of amides is 1. The van der Waals surface area contributed by atoms with Gasteiger partial charge >= 0.3 is 0 Å². The van der Waals surface area contributed by atoms with Gasteiger partial charge < -0.3 is 15.8 Å². The van der Waals surface area contributed by atoms with E-state index >= 15 is 0 Å². The van der Waals surface area contributed by atoms with E-state index in [1.165, 1.54) is 25.0 Å². The number of rotatable bonds is 5. The zero-order valence-corrected chi connectivity index (χ0v) is 11.7. The number of hydrogen-bond acceptors (Lipinski definition) is 4. The summed E-state index contributed by atoms with van der Waals surface area (Å²) in [5, 5.41) is 3.47. The smallest absolute Gasteiger partial charge is 0.257 e. The van der Waals surface area contributed by atoms with Gasteiger partial charge in [0.05, 0.1) is 5.69 Å². The molecular weight excluding hydrogens is 260 g/mol. The molecule has 1 saturated heterocycles. The van der Waals surface area contributed by atoms with Crippen molar-refractivity contribution in [1.82, 2.24) is 5.32 Å². The number of benzene rings is 1. The van der Waals surface area contributed by atoms with Crippen LogP contribution in [0, 0.1) is 0 Å². The van der Waals surface area contributed by atoms with Crippen LogP contribution in [0.2, 0.25) is 0 Å². The van der Waals surface area contributed by atoms with Crippen molar-refractivity contribution in [3.8, 4) is 5.75 Å². The van der Waals surface area contributed by atoms with E-state index < -0.39 is 0 Å². The van der Waals surface area contributed by atoms with Gasteiger partial charge in [-0.15, -0.1) is 0 Å². The molecule has 1 aromatic rings. The molecule has 1 aliphatic rings. The van der Waals surface area contributed by atoms with Gasteiger partial charge in [-0.1, -0.05) is 18.6 Å². The summed E-state index contributed by atoms with van der Waals surface area (Å²) < 4.78 is 5.39. The molecule has 5 heteroatoms. The largest absolute Gasteiger partial charge is 0.482 e. The lowest BCUT2D eigenvalue weighted by Gasteiger charge is -2.21. The predicted molar refractivity (Wildman–Crippen MR) is 79.5 cm³/mol. The first kappa shape index (κ1) is 14.1. The van der Waals surface area contributed by atoms with Crippen LogP contribution >= 0.6 is 11.8 Å². The molecule has 0 saturated carbocycles. The number of nitrogen functional groups attached to an aromatic ring is 1. The van der Waals surface area contributed by atoms with Gasteiger partial charge in [-0.2, -0.15) is 11.8 Å². The maximum Gasteiger partial charge on any atom is 0.257 e. The van der Waals surface area contributed by atoms with Gasteiger partial charge in [0, 0.05) is 11.8 Å². The molecule has 19 heavy (non-hydrogen) atoms. The fourth-order valence-corrected chi connectivity index (χ4v) is 3.24. The second-order valence-corrected chi connectivity index (χ2v) is 6.03. The Bertz CT molecular complexity index is 420. The SMILES string of the molecule is Nc1ccccc1OCC(=O)NCC1CCCCS1. The molecule has 1 heterocycles. The van der Waals surface area contributed by atoms with E-state index in [0.29, 0.717) is 16.7 Å². The van der Waals surface area contributed by atoms with Gasteiger partial charge in [-0.3, -0.25) is 4.79 Å². The molecule has 1 unspecified atom stereocenters. The summed E-state index contributed by atoms with van der Waals surface area (Å²) in [5.74, 6) is 1.68. The highest BCUT2D eigenvalue weighted by Gasteiger charge is 2.14. The zero-order chi connectivity index (χ0) is 13.5. The van der Waals surface area contributed by atoms with Gasteiger partial charge in [-0.05, 0) is 30.7 Å². The summed E-state index contributed by atoms with van der Waals surface area (Å²) in [7, 11) is 0. The Morgan fingerprint density at radius 1 is 1.42 bits per heavy atom. The van der Waals surface area contributed by atoms with Crippen molar-refractivity contribution in [2.45, 2.75) is 24.5 Å². The van der Waals surface area contributed by atoms with E-state index in [4.69, 9.17) is 10.5 Å². The van der Waals surface area contributed by atoms with E-state index in [9.17, 15) is 4.79 Å². The normalized spacial score (nSPS) is 18.8. The number of para-hydroxylation sites is 2. The Morgan fingerprint density at radius 3 is 3.00 bits per heavy atom. The quantitative estimate of drug-likeness (QED) is 0.810. The molecule has 1 aliphatic heterocycles. The van der Waals surface area contributed by atoms with Crippen LogP contribution in [0.15, 0.2) is 24.3 Å². The molecule has 1 atom stereocenters. The number of hydrogen-bond donors (Lipinski definition) is 2. The van der Waals surface area contributed by atoms with Gasteiger partial charge in [0.15, 0.2) is 6.61 Å². The van der Waals surface area contributed by atoms with Crippen molar-refractivity contribution in [3.63, 3.8) is 0 Å². The Balaban J connectivity index is 1.68. The number of carbonyl (C=O) groups is 1. The lowest BCUT2D eigenvalue weighted by molar-refractivity contribution is -0.123. The minimum absolute atomic E-state index is 0.0194. The molecule has 3 N–H and O–H groups in total. The first-order chi connectivity index (χ1) is 9.25. The van der Waals surface area contributed by atoms with Gasteiger partial charge in [0.2, 0.25) is 0 Å². The minimum atomic E-state index is -0.0885. The number of nitrogens with two attached hydrogens (primary N) is 1. The van der Waals surface area contributed by atoms with Gasteiger partial charge in [0.1, 0.15) is 5.75 Å². The molecule has 0 aliphatic carbocycles. The minimum Gasteiger partial charge on any atom is -0.482 e. The summed E-state index contributed by atoms with van der Waals surface area (Å²) >= 11 is 1.95. The first-order valence-electron chi connectivity index (χ1n) is 6.61. The maximum atomic E-state index is 11.7. The first-order valence-corrected chi connectivity index (χ1v) is 7.66. The topological polar surface area (TPSA) is 64.3 Å². The highest BCUT2D eigenvalue weighted by Crippen LogP contribution is 2.24. The lowest BCUT2D eigenvalue weighted by atomic mass is 10.2. The van der Waals surface area contributed by atoms with Crippen LogP contribution in [0.3, 0.4) is 0 Å². The van der Waals surface area contributed by atoms with Crippen LogP contribution in [0.5, 0.6) is 5.75 Å². The van der Waals surface area contributed by atoms with Crippen LogP contribution in [0.4, 0.5) is 5.69 Å². The Morgan fingerprint density at radius 2 is 2.26 bits per heavy atom. The Hall–Kier alpha value is -1.36. The summed E-state index contributed by atoms with van der Waals surface area (Å²) in [5.41, 5.74) is 6.29. The fraction of sp³-hybridized carbons (Fsp3) is 0.500. The van der Waals surface area contributed by atoms with E-state index in [2.05, 4.69) is 5.32 Å². The predicted octanol–water partition coefficient (Wildman–Crippen LogP) is 2.05. The lowest BCUT2D eigenvalue weighted by Crippen LogP contribution is -2.35. The van der Waals surface area contributed by atoms with Crippen LogP contribution < -0.4 is 15.8 Å². The highest BCUT2D eigenvalue weighted by atomic mass is 32.2. The van der Waals surface area contributed by atoms with E-state index in [-0.39, 0.29) is 12.5 Å². The average Bonchev–Trinajstić information content (AvgIpc) is 2.45. The van der Waals surface area contributed by atoms with Crippen LogP contribution in [-0.4, -0.2) is 30.1 Å². The van der Waals surface area contributed by atoms with Crippen molar-refractivity contribution >= 4 is 23.4 Å². The van der Waals surface area contributed by atoms with E-state index in [1.807, 2.05) is 23.9 Å². The molecule has 0 radical (unpaired) electrons. The van der Waals surface area contributed by atoms with Crippen molar-refractivity contribution in [2.75, 3.05) is 24.6 Å². The molecule has 1 amide bonds. The number of thioether (sulfide) groups is 1. The van der Waals surface area contributed by atoms with Gasteiger partial charge in [-0.25, -0.2) is 0 Å². The number of anilines is 1. The third-order valence-corrected chi connectivity index (χ3v) is 4.48. The molecule has 0 spiro atoms. The van der Waals surface area contributed by atoms with E-state index in [1.54, 1.807) is 12.1 Å². The van der Waals surface area contributed by atoms with Gasteiger partial charge in [0.25, 0.3) is 5.91 Å². The molecule has 1 aromatic carbocycles. The second-order valence-electron chi connectivity index (χ2n) is 4.62. The molecule has 1 fully saturated rings. The zero-order valence-electron chi connectivity index (χ0n) is 10.9. The fourth-order valence-electron chi connectivity index (χ4n) is 2.00. The Labute approximate surface area is 118 Å². The maximum absolute atomic E-state index is 11.7. The van der Waals surface area contributed by atoms with Crippen LogP contribution in [0.1, 0.15) is 19.3 Å². The number of carbonyl (C=O) groups excluding carboxylic acids is 1. The average molecular weight is 280 g/mol. The molecule has 0 bridgehead atoms. The molecule has 2 rings (SSSR count). The molecule has 104 valence electrons.